The smallest absolute Gasteiger partial charge is 0.0605 e. The summed E-state index contributed by atoms with van der Waals surface area (Å²) in [5.74, 6) is 0. The van der Waals surface area contributed by atoms with Crippen LogP contribution in [0.25, 0.3) is 66.7 Å². The minimum Gasteiger partial charge on any atom is -0.296 e. The molecule has 2 fully saturated rings. The van der Waals surface area contributed by atoms with E-state index in [9.17, 15) is 0 Å². The molecule has 2 saturated carbocycles. The van der Waals surface area contributed by atoms with Gasteiger partial charge in [-0.15, -0.1) is 29.3 Å². The first-order chi connectivity index (χ1) is 30.8. The third-order valence-electron chi connectivity index (χ3n) is 16.5. The summed E-state index contributed by atoms with van der Waals surface area (Å²) in [6.45, 7) is 9.38. The van der Waals surface area contributed by atoms with Crippen molar-refractivity contribution in [1.82, 2.24) is 4.98 Å². The van der Waals surface area contributed by atoms with Gasteiger partial charge in [-0.25, -0.2) is 0 Å². The number of hydrogen-bond acceptors (Lipinski definition) is 1. The van der Waals surface area contributed by atoms with Crippen LogP contribution in [0.5, 0.6) is 0 Å². The van der Waals surface area contributed by atoms with Crippen LogP contribution in [0.1, 0.15) is 151 Å². The predicted molar refractivity (Wildman–Crippen MR) is 267 cm³/mol. The van der Waals surface area contributed by atoms with Gasteiger partial charge in [-0.2, -0.15) is 0 Å². The summed E-state index contributed by atoms with van der Waals surface area (Å²) in [6.07, 6.45) is 20.6. The molecule has 0 aliphatic heterocycles. The van der Waals surface area contributed by atoms with Gasteiger partial charge in [-0.1, -0.05) is 195 Å². The second-order valence-corrected chi connectivity index (χ2v) is 20.5. The quantitative estimate of drug-likeness (QED) is 0.0829. The first kappa shape index (κ1) is 43.3. The van der Waals surface area contributed by atoms with Gasteiger partial charge >= 0.3 is 0 Å². The van der Waals surface area contributed by atoms with E-state index in [1.807, 2.05) is 0 Å². The fourth-order valence-electron chi connectivity index (χ4n) is 13.4. The van der Waals surface area contributed by atoms with E-state index < -0.39 is 0 Å². The molecule has 2 heteroatoms. The molecule has 4 aliphatic carbocycles. The summed E-state index contributed by atoms with van der Waals surface area (Å²) >= 11 is 0. The number of hydrogen-bond donors (Lipinski definition) is 0. The Hall–Kier alpha value is -4.62. The summed E-state index contributed by atoms with van der Waals surface area (Å²) in [5, 5.41) is 1.21. The topological polar surface area (TPSA) is 12.9 Å². The van der Waals surface area contributed by atoms with Crippen molar-refractivity contribution in [2.24, 2.45) is 0 Å². The van der Waals surface area contributed by atoms with Gasteiger partial charge in [-0.05, 0) is 134 Å². The van der Waals surface area contributed by atoms with Crippen LogP contribution in [-0.4, -0.2) is 4.98 Å². The summed E-state index contributed by atoms with van der Waals surface area (Å²) in [4.78, 5) is 5.57. The molecule has 64 heavy (non-hydrogen) atoms. The summed E-state index contributed by atoms with van der Waals surface area (Å²) < 4.78 is 0. The van der Waals surface area contributed by atoms with E-state index in [4.69, 9.17) is 4.98 Å². The number of fused-ring (bicyclic) bond motifs is 7. The van der Waals surface area contributed by atoms with Crippen molar-refractivity contribution in [1.29, 1.82) is 0 Å². The van der Waals surface area contributed by atoms with Crippen molar-refractivity contribution in [3.05, 3.63) is 161 Å². The van der Waals surface area contributed by atoms with E-state index in [1.54, 1.807) is 11.1 Å². The summed E-state index contributed by atoms with van der Waals surface area (Å²) in [7, 11) is 0. The second kappa shape index (κ2) is 17.3. The van der Waals surface area contributed by atoms with Gasteiger partial charge in [0.15, 0.2) is 0 Å². The van der Waals surface area contributed by atoms with E-state index in [1.165, 1.54) is 175 Å². The number of nitrogens with zero attached hydrogens (tertiary/aromatic N) is 1. The predicted octanol–water partition coefficient (Wildman–Crippen LogP) is 17.1. The maximum atomic E-state index is 5.57. The largest absolute Gasteiger partial charge is 0.296 e. The number of benzene rings is 6. The molecule has 1 heterocycles. The molecule has 7 aromatic rings. The second-order valence-electron chi connectivity index (χ2n) is 20.5. The van der Waals surface area contributed by atoms with Gasteiger partial charge in [0.2, 0.25) is 0 Å². The molecule has 0 bridgehead atoms. The van der Waals surface area contributed by atoms with Gasteiger partial charge < -0.3 is 0 Å². The van der Waals surface area contributed by atoms with E-state index in [0.29, 0.717) is 0 Å². The molecule has 0 amide bonds. The van der Waals surface area contributed by atoms with Crippen LogP contribution in [-0.2, 0) is 49.2 Å². The van der Waals surface area contributed by atoms with Gasteiger partial charge in [0.1, 0.15) is 0 Å². The molecule has 6 aromatic carbocycles. The molecule has 1 aromatic heterocycles. The van der Waals surface area contributed by atoms with E-state index in [0.717, 1.165) is 16.8 Å². The molecular weight excluding hydrogens is 951 g/mol. The van der Waals surface area contributed by atoms with Gasteiger partial charge in [0, 0.05) is 30.9 Å². The van der Waals surface area contributed by atoms with Crippen LogP contribution >= 0.6 is 0 Å². The van der Waals surface area contributed by atoms with Gasteiger partial charge in [0.25, 0.3) is 0 Å². The van der Waals surface area contributed by atoms with Crippen LogP contribution < -0.4 is 0 Å². The average molecular weight is 1020 g/mol. The van der Waals surface area contributed by atoms with Crippen LogP contribution in [0, 0.1) is 6.07 Å². The third kappa shape index (κ3) is 7.00. The molecule has 0 N–H and O–H groups in total. The molecule has 327 valence electrons. The zero-order chi connectivity index (χ0) is 42.8. The maximum Gasteiger partial charge on any atom is 0.0605 e. The molecule has 0 spiro atoms. The van der Waals surface area contributed by atoms with Crippen LogP contribution in [0.3, 0.4) is 0 Å². The fourth-order valence-corrected chi connectivity index (χ4v) is 13.4. The number of aromatic nitrogens is 1. The van der Waals surface area contributed by atoms with Crippen molar-refractivity contribution < 1.29 is 20.1 Å². The zero-order valence-electron chi connectivity index (χ0n) is 38.6. The number of pyridine rings is 1. The molecular formula is C62H64IrN-. The van der Waals surface area contributed by atoms with Crippen molar-refractivity contribution >= 4 is 10.9 Å². The normalized spacial score (nSPS) is 19.6. The van der Waals surface area contributed by atoms with Crippen molar-refractivity contribution in [3.8, 4) is 55.8 Å². The molecule has 1 radical (unpaired) electrons. The maximum absolute atomic E-state index is 5.57. The van der Waals surface area contributed by atoms with Crippen molar-refractivity contribution in [2.75, 3.05) is 0 Å². The zero-order valence-corrected chi connectivity index (χ0v) is 41.0. The minimum atomic E-state index is -0.0915. The van der Waals surface area contributed by atoms with Crippen LogP contribution in [0.4, 0.5) is 0 Å². The molecule has 11 rings (SSSR count). The Bertz CT molecular complexity index is 2820. The van der Waals surface area contributed by atoms with Gasteiger partial charge in [-0.3, -0.25) is 4.98 Å². The first-order valence-electron chi connectivity index (χ1n) is 24.8. The van der Waals surface area contributed by atoms with Crippen molar-refractivity contribution in [2.45, 2.75) is 147 Å². The first-order valence-corrected chi connectivity index (χ1v) is 24.8. The fraction of sp³-hybridized carbons (Fsp3) is 0.371. The molecule has 0 saturated heterocycles. The Labute approximate surface area is 396 Å². The molecule has 4 aliphatic rings. The van der Waals surface area contributed by atoms with E-state index in [-0.39, 0.29) is 36.4 Å². The Morgan fingerprint density at radius 3 is 1.84 bits per heavy atom. The Morgan fingerprint density at radius 2 is 1.14 bits per heavy atom. The Kier molecular flexibility index (Phi) is 11.7. The summed E-state index contributed by atoms with van der Waals surface area (Å²) in [5.41, 5.74) is 23.3. The van der Waals surface area contributed by atoms with E-state index in [2.05, 4.69) is 155 Å². The van der Waals surface area contributed by atoms with Crippen molar-refractivity contribution in [3.63, 3.8) is 0 Å². The standard InChI is InChI=1S/C62H64N.Ir/c1-5-7-9-12-20-42-34-43(21-13-10-8-6-2)36-47(35-42)45-26-28-49-51-37-46(27-29-55(51)61-30-18-32-62(61,33-19-31-61)57(49)38-45)58-40-50(44-22-14-11-15-23-44)53-39-52-48-24-16-17-25-54(48)60(3,4)56(52)41-59(53)63-58;/h11,14-17,22-26,28-29,34-41H,5-10,12-13,18-21,30-33H2,1-4H3;/q-1;. The third-order valence-corrected chi connectivity index (χ3v) is 16.5. The average Bonchev–Trinajstić information content (AvgIpc) is 3.96. The number of unbranched alkanes of at least 4 members (excludes halogenated alkanes) is 6. The molecule has 0 unspecified atom stereocenters. The van der Waals surface area contributed by atoms with E-state index >= 15 is 0 Å². The minimum absolute atomic E-state index is 0. The monoisotopic (exact) mass is 1020 g/mol. The number of aryl methyl sites for hydroxylation is 2. The number of rotatable bonds is 13. The van der Waals surface area contributed by atoms with Gasteiger partial charge in [0.05, 0.1) is 5.52 Å². The summed E-state index contributed by atoms with van der Waals surface area (Å²) in [6, 6.07) is 51.2. The van der Waals surface area contributed by atoms with Crippen LogP contribution in [0.15, 0.2) is 121 Å². The molecule has 1 nitrogen and oxygen atoms in total. The Balaban J connectivity index is 0.00000484. The SMILES string of the molecule is CCCCCCc1cc(CCCCCC)cc(-c2ccc3c(c2)C24CCCC2(CCC4)c2c[c-]c(-c4cc(-c5ccccc5)c5cc6c(cc5n4)C(C)(C)c4ccccc4-6)cc2-3)c1.[Ir]. The molecule has 0 atom stereocenters. The van der Waals surface area contributed by atoms with Crippen LogP contribution in [0.2, 0.25) is 0 Å². The Morgan fingerprint density at radius 1 is 0.500 bits per heavy atom.